The maximum absolute atomic E-state index is 12.4. The van der Waals surface area contributed by atoms with E-state index in [1.165, 1.54) is 0 Å². The molecule has 3 rings (SSSR count). The highest BCUT2D eigenvalue weighted by Gasteiger charge is 2.26. The number of hydrogen-bond donors (Lipinski definition) is 2. The molecule has 1 aliphatic rings. The molecule has 124 valence electrons. The Morgan fingerprint density at radius 2 is 2.26 bits per heavy atom. The molecule has 2 amide bonds. The van der Waals surface area contributed by atoms with Gasteiger partial charge >= 0.3 is 6.03 Å². The van der Waals surface area contributed by atoms with E-state index in [1.807, 2.05) is 31.2 Å². The second-order valence-corrected chi connectivity index (χ2v) is 6.39. The van der Waals surface area contributed by atoms with Crippen molar-refractivity contribution in [3.05, 3.63) is 35.6 Å². The number of benzene rings is 1. The van der Waals surface area contributed by atoms with Gasteiger partial charge in [-0.05, 0) is 32.8 Å². The van der Waals surface area contributed by atoms with Gasteiger partial charge < -0.3 is 19.7 Å². The lowest BCUT2D eigenvalue weighted by Crippen LogP contribution is -2.47. The fourth-order valence-corrected chi connectivity index (χ4v) is 3.25. The van der Waals surface area contributed by atoms with E-state index in [0.29, 0.717) is 13.1 Å². The zero-order valence-electron chi connectivity index (χ0n) is 13.7. The zero-order chi connectivity index (χ0) is 16.4. The van der Waals surface area contributed by atoms with Crippen LogP contribution in [0, 0.1) is 12.8 Å². The molecule has 0 saturated carbocycles. The first-order valence-corrected chi connectivity index (χ1v) is 8.24. The average molecular weight is 316 g/mol. The fourth-order valence-electron chi connectivity index (χ4n) is 3.25. The minimum atomic E-state index is -0.372. The molecule has 1 saturated heterocycles. The first-order valence-electron chi connectivity index (χ1n) is 8.24. The predicted molar refractivity (Wildman–Crippen MR) is 89.2 cm³/mol. The molecule has 1 aromatic carbocycles. The molecule has 5 nitrogen and oxygen atoms in total. The molecule has 0 bridgehead atoms. The van der Waals surface area contributed by atoms with Gasteiger partial charge in [0.1, 0.15) is 11.3 Å². The minimum absolute atomic E-state index is 0.0878. The summed E-state index contributed by atoms with van der Waals surface area (Å²) >= 11 is 0. The number of rotatable bonds is 3. The molecule has 1 aliphatic heterocycles. The van der Waals surface area contributed by atoms with Crippen molar-refractivity contribution >= 4 is 17.0 Å². The Hall–Kier alpha value is -2.01. The van der Waals surface area contributed by atoms with Crippen LogP contribution in [0.25, 0.3) is 11.0 Å². The Morgan fingerprint density at radius 3 is 3.00 bits per heavy atom. The van der Waals surface area contributed by atoms with Crippen LogP contribution in [0.1, 0.15) is 31.1 Å². The number of fused-ring (bicyclic) bond motifs is 1. The van der Waals surface area contributed by atoms with Crippen molar-refractivity contribution in [3.8, 4) is 0 Å². The van der Waals surface area contributed by atoms with Crippen LogP contribution >= 0.6 is 0 Å². The number of furan rings is 1. The molecule has 1 fully saturated rings. The van der Waals surface area contributed by atoms with E-state index in [1.54, 1.807) is 11.8 Å². The summed E-state index contributed by atoms with van der Waals surface area (Å²) in [5.74, 6) is 0.964. The number of para-hydroxylation sites is 1. The number of carbonyl (C=O) groups excluding carboxylic acids is 1. The number of nitrogens with zero attached hydrogens (tertiary/aromatic N) is 1. The van der Waals surface area contributed by atoms with Gasteiger partial charge in [-0.15, -0.1) is 0 Å². The van der Waals surface area contributed by atoms with Crippen LogP contribution in [0.2, 0.25) is 0 Å². The van der Waals surface area contributed by atoms with Crippen LogP contribution < -0.4 is 5.32 Å². The summed E-state index contributed by atoms with van der Waals surface area (Å²) in [7, 11) is 0. The molecule has 1 aromatic heterocycles. The third-order valence-corrected chi connectivity index (χ3v) is 4.77. The molecule has 2 atom stereocenters. The number of nitrogens with one attached hydrogen (secondary N) is 1. The molecule has 2 aromatic rings. The van der Waals surface area contributed by atoms with Crippen molar-refractivity contribution in [2.24, 2.45) is 5.92 Å². The number of aliphatic hydroxyl groups is 1. The summed E-state index contributed by atoms with van der Waals surface area (Å²) in [5, 5.41) is 13.8. The highest BCUT2D eigenvalue weighted by atomic mass is 16.3. The van der Waals surface area contributed by atoms with Crippen molar-refractivity contribution in [2.75, 3.05) is 13.1 Å². The van der Waals surface area contributed by atoms with Gasteiger partial charge in [-0.3, -0.25) is 0 Å². The smallest absolute Gasteiger partial charge is 0.317 e. The number of likely N-dealkylation sites (tertiary alicyclic amines) is 1. The SMILES string of the molecule is Cc1c(CNC(=O)N2CCCC(C(C)O)C2)oc2ccccc12. The summed E-state index contributed by atoms with van der Waals surface area (Å²) in [5.41, 5.74) is 1.92. The molecule has 0 radical (unpaired) electrons. The Labute approximate surface area is 136 Å². The van der Waals surface area contributed by atoms with E-state index in [0.717, 1.165) is 41.7 Å². The summed E-state index contributed by atoms with van der Waals surface area (Å²) < 4.78 is 5.82. The summed E-state index contributed by atoms with van der Waals surface area (Å²) in [6.07, 6.45) is 1.54. The Kier molecular flexibility index (Phi) is 4.57. The summed E-state index contributed by atoms with van der Waals surface area (Å²) in [6, 6.07) is 7.80. The van der Waals surface area contributed by atoms with Crippen LogP contribution in [0.4, 0.5) is 4.79 Å². The van der Waals surface area contributed by atoms with Crippen molar-refractivity contribution in [3.63, 3.8) is 0 Å². The second-order valence-electron chi connectivity index (χ2n) is 6.39. The predicted octanol–water partition coefficient (Wildman–Crippen LogP) is 3.04. The molecular formula is C18H24N2O3. The third-order valence-electron chi connectivity index (χ3n) is 4.77. The average Bonchev–Trinajstić information content (AvgIpc) is 2.89. The Bertz CT molecular complexity index is 693. The first-order chi connectivity index (χ1) is 11.1. The molecule has 0 spiro atoms. The highest BCUT2D eigenvalue weighted by molar-refractivity contribution is 5.82. The zero-order valence-corrected chi connectivity index (χ0v) is 13.7. The number of piperidine rings is 1. The summed E-state index contributed by atoms with van der Waals surface area (Å²) in [6.45, 7) is 5.55. The molecule has 2 unspecified atom stereocenters. The van der Waals surface area contributed by atoms with E-state index in [2.05, 4.69) is 5.32 Å². The van der Waals surface area contributed by atoms with Crippen molar-refractivity contribution in [1.29, 1.82) is 0 Å². The summed E-state index contributed by atoms with van der Waals surface area (Å²) in [4.78, 5) is 14.1. The van der Waals surface area contributed by atoms with Gasteiger partial charge in [-0.25, -0.2) is 4.79 Å². The van der Waals surface area contributed by atoms with Gasteiger partial charge in [0.05, 0.1) is 12.6 Å². The standard InChI is InChI=1S/C18H24N2O3/c1-12-15-7-3-4-8-16(15)23-17(12)10-19-18(22)20-9-5-6-14(11-20)13(2)21/h3-4,7-8,13-14,21H,5-6,9-11H2,1-2H3,(H,19,22). The number of carbonyl (C=O) groups is 1. The van der Waals surface area contributed by atoms with Gasteiger partial charge in [0.2, 0.25) is 0 Å². The van der Waals surface area contributed by atoms with Gasteiger partial charge in [0.25, 0.3) is 0 Å². The number of amides is 2. The van der Waals surface area contributed by atoms with E-state index in [4.69, 9.17) is 4.42 Å². The maximum atomic E-state index is 12.4. The molecule has 2 heterocycles. The minimum Gasteiger partial charge on any atom is -0.459 e. The lowest BCUT2D eigenvalue weighted by Gasteiger charge is -2.34. The molecule has 23 heavy (non-hydrogen) atoms. The second kappa shape index (κ2) is 6.62. The van der Waals surface area contributed by atoms with Crippen molar-refractivity contribution in [1.82, 2.24) is 10.2 Å². The number of aliphatic hydroxyl groups excluding tert-OH is 1. The topological polar surface area (TPSA) is 65.7 Å². The molecule has 5 heteroatoms. The Balaban J connectivity index is 1.63. The highest BCUT2D eigenvalue weighted by Crippen LogP contribution is 2.25. The van der Waals surface area contributed by atoms with Crippen LogP contribution in [-0.2, 0) is 6.54 Å². The normalized spacial score (nSPS) is 19.8. The van der Waals surface area contributed by atoms with Crippen LogP contribution in [0.15, 0.2) is 28.7 Å². The first kappa shape index (κ1) is 15.9. The van der Waals surface area contributed by atoms with Gasteiger partial charge in [-0.1, -0.05) is 18.2 Å². The van der Waals surface area contributed by atoms with Crippen LogP contribution in [0.5, 0.6) is 0 Å². The maximum Gasteiger partial charge on any atom is 0.317 e. The lowest BCUT2D eigenvalue weighted by molar-refractivity contribution is 0.0737. The lowest BCUT2D eigenvalue weighted by atomic mass is 9.94. The quantitative estimate of drug-likeness (QED) is 0.914. The van der Waals surface area contributed by atoms with Crippen molar-refractivity contribution in [2.45, 2.75) is 39.3 Å². The fraction of sp³-hybridized carbons (Fsp3) is 0.500. The third kappa shape index (κ3) is 3.34. The Morgan fingerprint density at radius 1 is 1.48 bits per heavy atom. The van der Waals surface area contributed by atoms with Crippen LogP contribution in [-0.4, -0.2) is 35.2 Å². The van der Waals surface area contributed by atoms with Gasteiger partial charge in [0.15, 0.2) is 0 Å². The van der Waals surface area contributed by atoms with E-state index >= 15 is 0 Å². The van der Waals surface area contributed by atoms with E-state index in [-0.39, 0.29) is 18.1 Å². The molecule has 0 aliphatic carbocycles. The number of aryl methyl sites for hydroxylation is 1. The van der Waals surface area contributed by atoms with E-state index < -0.39 is 0 Å². The monoisotopic (exact) mass is 316 g/mol. The van der Waals surface area contributed by atoms with Gasteiger partial charge in [-0.2, -0.15) is 0 Å². The van der Waals surface area contributed by atoms with E-state index in [9.17, 15) is 9.90 Å². The van der Waals surface area contributed by atoms with Crippen LogP contribution in [0.3, 0.4) is 0 Å². The largest absolute Gasteiger partial charge is 0.459 e. The molecule has 2 N–H and O–H groups in total. The molecular weight excluding hydrogens is 292 g/mol. The number of urea groups is 1. The van der Waals surface area contributed by atoms with Gasteiger partial charge in [0, 0.05) is 30.0 Å². The van der Waals surface area contributed by atoms with Crippen molar-refractivity contribution < 1.29 is 14.3 Å². The number of hydrogen-bond acceptors (Lipinski definition) is 3.